The van der Waals surface area contributed by atoms with Gasteiger partial charge in [-0.1, -0.05) is 6.92 Å². The number of carbonyl (C=O) groups is 1. The highest BCUT2D eigenvalue weighted by molar-refractivity contribution is 5.82. The molecule has 116 valence electrons. The van der Waals surface area contributed by atoms with E-state index in [4.69, 9.17) is 9.15 Å². The smallest absolute Gasteiger partial charge is 0.336 e. The van der Waals surface area contributed by atoms with Crippen molar-refractivity contribution in [2.24, 2.45) is 0 Å². The van der Waals surface area contributed by atoms with Crippen LogP contribution in [0.5, 0.6) is 5.75 Å². The molecule has 5 nitrogen and oxygen atoms in total. The topological polar surface area (TPSA) is 59.8 Å². The van der Waals surface area contributed by atoms with E-state index in [0.717, 1.165) is 43.3 Å². The lowest BCUT2D eigenvalue weighted by atomic mass is 10.1. The van der Waals surface area contributed by atoms with Gasteiger partial charge in [0.1, 0.15) is 11.3 Å². The molecule has 1 aromatic heterocycles. The van der Waals surface area contributed by atoms with Crippen LogP contribution in [0.3, 0.4) is 0 Å². The molecule has 0 unspecified atom stereocenters. The summed E-state index contributed by atoms with van der Waals surface area (Å²) in [4.78, 5) is 25.3. The fourth-order valence-corrected chi connectivity index (χ4v) is 2.80. The molecule has 1 fully saturated rings. The number of ether oxygens (including phenoxy) is 1. The molecule has 1 amide bonds. The summed E-state index contributed by atoms with van der Waals surface area (Å²) in [6.07, 6.45) is 2.88. The monoisotopic (exact) mass is 301 g/mol. The van der Waals surface area contributed by atoms with E-state index in [9.17, 15) is 9.59 Å². The highest BCUT2D eigenvalue weighted by Gasteiger charge is 2.18. The Kier molecular flexibility index (Phi) is 4.13. The number of benzene rings is 1. The van der Waals surface area contributed by atoms with Gasteiger partial charge in [0.15, 0.2) is 6.61 Å². The standard InChI is InChI=1S/C17H19NO4/c1-2-12-9-17(20)22-15-10-13(5-6-14(12)15)21-11-16(19)18-7-3-4-8-18/h5-6,9-10H,2-4,7-8,11H2,1H3. The first-order chi connectivity index (χ1) is 10.7. The number of likely N-dealkylation sites (tertiary alicyclic amines) is 1. The quantitative estimate of drug-likeness (QED) is 0.813. The SMILES string of the molecule is CCc1cc(=O)oc2cc(OCC(=O)N3CCCC3)ccc12. The summed E-state index contributed by atoms with van der Waals surface area (Å²) in [6.45, 7) is 3.64. The zero-order valence-corrected chi connectivity index (χ0v) is 12.6. The molecule has 1 aliphatic rings. The molecule has 3 rings (SSSR count). The van der Waals surface area contributed by atoms with E-state index in [-0.39, 0.29) is 18.1 Å². The Morgan fingerprint density at radius 3 is 2.77 bits per heavy atom. The van der Waals surface area contributed by atoms with Crippen molar-refractivity contribution in [3.05, 3.63) is 40.2 Å². The largest absolute Gasteiger partial charge is 0.484 e. The summed E-state index contributed by atoms with van der Waals surface area (Å²) >= 11 is 0. The van der Waals surface area contributed by atoms with Gasteiger partial charge in [0.2, 0.25) is 0 Å². The molecule has 0 atom stereocenters. The van der Waals surface area contributed by atoms with E-state index in [2.05, 4.69) is 0 Å². The van der Waals surface area contributed by atoms with E-state index in [1.165, 1.54) is 6.07 Å². The lowest BCUT2D eigenvalue weighted by molar-refractivity contribution is -0.132. The molecular formula is C17H19NO4. The van der Waals surface area contributed by atoms with Crippen molar-refractivity contribution >= 4 is 16.9 Å². The molecule has 22 heavy (non-hydrogen) atoms. The summed E-state index contributed by atoms with van der Waals surface area (Å²) in [6, 6.07) is 6.86. The van der Waals surface area contributed by atoms with Gasteiger partial charge in [-0.05, 0) is 37.0 Å². The first-order valence-electron chi connectivity index (χ1n) is 7.64. The summed E-state index contributed by atoms with van der Waals surface area (Å²) in [5.74, 6) is 0.540. The number of fused-ring (bicyclic) bond motifs is 1. The Bertz CT molecular complexity index is 744. The minimum absolute atomic E-state index is 0.00126. The Morgan fingerprint density at radius 1 is 1.27 bits per heavy atom. The Hall–Kier alpha value is -2.30. The van der Waals surface area contributed by atoms with Crippen LogP contribution in [0, 0.1) is 0 Å². The predicted molar refractivity (Wildman–Crippen MR) is 83.2 cm³/mol. The normalized spacial score (nSPS) is 14.5. The second-order valence-corrected chi connectivity index (χ2v) is 5.48. The summed E-state index contributed by atoms with van der Waals surface area (Å²) in [7, 11) is 0. The van der Waals surface area contributed by atoms with Crippen LogP contribution in [0.25, 0.3) is 11.0 Å². The average molecular weight is 301 g/mol. The Morgan fingerprint density at radius 2 is 2.05 bits per heavy atom. The summed E-state index contributed by atoms with van der Waals surface area (Å²) in [5, 5.41) is 0.903. The maximum Gasteiger partial charge on any atom is 0.336 e. The zero-order valence-electron chi connectivity index (χ0n) is 12.6. The van der Waals surface area contributed by atoms with Crippen molar-refractivity contribution in [3.8, 4) is 5.75 Å². The second-order valence-electron chi connectivity index (χ2n) is 5.48. The molecule has 1 saturated heterocycles. The molecule has 0 bridgehead atoms. The number of nitrogens with zero attached hydrogens (tertiary/aromatic N) is 1. The van der Waals surface area contributed by atoms with Crippen molar-refractivity contribution < 1.29 is 13.9 Å². The number of aryl methyl sites for hydroxylation is 1. The number of rotatable bonds is 4. The average Bonchev–Trinajstić information content (AvgIpc) is 3.05. The molecule has 1 aliphatic heterocycles. The molecule has 5 heteroatoms. The van der Waals surface area contributed by atoms with Gasteiger partial charge in [-0.3, -0.25) is 4.79 Å². The van der Waals surface area contributed by atoms with E-state index in [0.29, 0.717) is 11.3 Å². The van der Waals surface area contributed by atoms with Gasteiger partial charge in [-0.15, -0.1) is 0 Å². The molecule has 0 N–H and O–H groups in total. The van der Waals surface area contributed by atoms with E-state index in [1.807, 2.05) is 17.9 Å². The zero-order chi connectivity index (χ0) is 15.5. The minimum Gasteiger partial charge on any atom is -0.484 e. The van der Waals surface area contributed by atoms with Gasteiger partial charge >= 0.3 is 5.63 Å². The van der Waals surface area contributed by atoms with Crippen molar-refractivity contribution in [1.29, 1.82) is 0 Å². The Balaban J connectivity index is 1.77. The molecule has 2 aromatic rings. The van der Waals surface area contributed by atoms with Crippen LogP contribution in [-0.4, -0.2) is 30.5 Å². The third-order valence-electron chi connectivity index (χ3n) is 4.00. The maximum atomic E-state index is 12.0. The van der Waals surface area contributed by atoms with Crippen LogP contribution in [0.2, 0.25) is 0 Å². The van der Waals surface area contributed by atoms with Crippen LogP contribution in [0.1, 0.15) is 25.3 Å². The van der Waals surface area contributed by atoms with Crippen LogP contribution in [0.15, 0.2) is 33.5 Å². The number of amides is 1. The lowest BCUT2D eigenvalue weighted by Gasteiger charge is -2.15. The van der Waals surface area contributed by atoms with Gasteiger partial charge in [-0.2, -0.15) is 0 Å². The van der Waals surface area contributed by atoms with Gasteiger partial charge in [0, 0.05) is 30.6 Å². The summed E-state index contributed by atoms with van der Waals surface area (Å²) in [5.41, 5.74) is 1.08. The van der Waals surface area contributed by atoms with Crippen molar-refractivity contribution in [2.45, 2.75) is 26.2 Å². The van der Waals surface area contributed by atoms with Gasteiger partial charge in [0.05, 0.1) is 0 Å². The molecule has 0 aliphatic carbocycles. The number of hydrogen-bond donors (Lipinski definition) is 0. The van der Waals surface area contributed by atoms with E-state index >= 15 is 0 Å². The molecule has 1 aromatic carbocycles. The highest BCUT2D eigenvalue weighted by Crippen LogP contribution is 2.23. The number of hydrogen-bond acceptors (Lipinski definition) is 4. The second kappa shape index (κ2) is 6.22. The van der Waals surface area contributed by atoms with Crippen molar-refractivity contribution in [1.82, 2.24) is 4.90 Å². The summed E-state index contributed by atoms with van der Waals surface area (Å²) < 4.78 is 10.8. The van der Waals surface area contributed by atoms with Crippen LogP contribution in [0.4, 0.5) is 0 Å². The van der Waals surface area contributed by atoms with Crippen molar-refractivity contribution in [3.63, 3.8) is 0 Å². The molecular weight excluding hydrogens is 282 g/mol. The van der Waals surface area contributed by atoms with Crippen LogP contribution >= 0.6 is 0 Å². The molecule has 2 heterocycles. The third-order valence-corrected chi connectivity index (χ3v) is 4.00. The first kappa shape index (κ1) is 14.6. The van der Waals surface area contributed by atoms with Crippen molar-refractivity contribution in [2.75, 3.05) is 19.7 Å². The third kappa shape index (κ3) is 2.98. The van der Waals surface area contributed by atoms with Gasteiger partial charge in [-0.25, -0.2) is 4.79 Å². The predicted octanol–water partition coefficient (Wildman–Crippen LogP) is 2.36. The first-order valence-corrected chi connectivity index (χ1v) is 7.64. The molecule has 0 saturated carbocycles. The van der Waals surface area contributed by atoms with E-state index in [1.54, 1.807) is 12.1 Å². The van der Waals surface area contributed by atoms with Gasteiger partial charge in [0.25, 0.3) is 5.91 Å². The highest BCUT2D eigenvalue weighted by atomic mass is 16.5. The minimum atomic E-state index is -0.366. The van der Waals surface area contributed by atoms with E-state index < -0.39 is 0 Å². The number of carbonyl (C=O) groups excluding carboxylic acids is 1. The van der Waals surface area contributed by atoms with Gasteiger partial charge < -0.3 is 14.1 Å². The fourth-order valence-electron chi connectivity index (χ4n) is 2.80. The molecule has 0 spiro atoms. The van der Waals surface area contributed by atoms with Crippen LogP contribution < -0.4 is 10.4 Å². The maximum absolute atomic E-state index is 12.0. The fraction of sp³-hybridized carbons (Fsp3) is 0.412. The Labute approximate surface area is 128 Å². The van der Waals surface area contributed by atoms with Crippen LogP contribution in [-0.2, 0) is 11.2 Å². The molecule has 0 radical (unpaired) electrons. The lowest BCUT2D eigenvalue weighted by Crippen LogP contribution is -2.32.